The lowest BCUT2D eigenvalue weighted by molar-refractivity contribution is -0.132. The molecule has 4 rings (SSSR count). The Hall–Kier alpha value is -3.58. The number of furan rings is 1. The van der Waals surface area contributed by atoms with Gasteiger partial charge < -0.3 is 19.6 Å². The maximum Gasteiger partial charge on any atom is 0.325 e. The summed E-state index contributed by atoms with van der Waals surface area (Å²) in [5.74, 6) is 0.452. The van der Waals surface area contributed by atoms with Crippen molar-refractivity contribution < 1.29 is 23.8 Å². The molecule has 1 saturated heterocycles. The molecule has 0 aliphatic carbocycles. The number of amides is 3. The van der Waals surface area contributed by atoms with Gasteiger partial charge in [-0.25, -0.2) is 4.79 Å². The highest BCUT2D eigenvalue weighted by Gasteiger charge is 2.51. The number of aliphatic hydroxyl groups excluding tert-OH is 1. The van der Waals surface area contributed by atoms with Crippen molar-refractivity contribution in [3.63, 3.8) is 0 Å². The number of imide groups is 1. The summed E-state index contributed by atoms with van der Waals surface area (Å²) in [5.41, 5.74) is 0.872. The smallest absolute Gasteiger partial charge is 0.325 e. The maximum absolute atomic E-state index is 12.7. The van der Waals surface area contributed by atoms with Crippen molar-refractivity contribution in [1.29, 1.82) is 0 Å². The number of β-amino-alcohol motifs (C(OH)–C–C–N with tert-alkyl or cyclic N) is 1. The van der Waals surface area contributed by atoms with Crippen LogP contribution >= 0.6 is 0 Å². The molecule has 154 valence electrons. The van der Waals surface area contributed by atoms with Gasteiger partial charge in [0.05, 0.1) is 12.8 Å². The SMILES string of the molecule is C[C@]1(c2ccco2)NC(=O)N(C[C@@H](O)COc2ccc(-c3ccccc3)cc2)C1=O. The normalized spacial score (nSPS) is 19.6. The van der Waals surface area contributed by atoms with E-state index in [1.807, 2.05) is 54.6 Å². The molecule has 0 saturated carbocycles. The first-order valence-corrected chi connectivity index (χ1v) is 9.62. The quantitative estimate of drug-likeness (QED) is 0.588. The molecule has 1 aliphatic rings. The molecule has 0 radical (unpaired) electrons. The van der Waals surface area contributed by atoms with E-state index in [0.717, 1.165) is 16.0 Å². The van der Waals surface area contributed by atoms with E-state index >= 15 is 0 Å². The number of aliphatic hydroxyl groups is 1. The molecule has 3 amide bonds. The number of carbonyl (C=O) groups excluding carboxylic acids is 2. The van der Waals surface area contributed by atoms with Gasteiger partial charge in [-0.15, -0.1) is 0 Å². The van der Waals surface area contributed by atoms with Crippen LogP contribution in [0.5, 0.6) is 5.75 Å². The Morgan fingerprint density at radius 3 is 2.40 bits per heavy atom. The number of rotatable bonds is 7. The lowest BCUT2D eigenvalue weighted by Gasteiger charge is -2.21. The molecule has 30 heavy (non-hydrogen) atoms. The van der Waals surface area contributed by atoms with Gasteiger partial charge in [-0.3, -0.25) is 9.69 Å². The molecule has 2 heterocycles. The van der Waals surface area contributed by atoms with Crippen molar-refractivity contribution in [2.45, 2.75) is 18.6 Å². The van der Waals surface area contributed by atoms with Gasteiger partial charge in [-0.2, -0.15) is 0 Å². The van der Waals surface area contributed by atoms with E-state index in [-0.39, 0.29) is 13.2 Å². The van der Waals surface area contributed by atoms with Gasteiger partial charge in [0.2, 0.25) is 0 Å². The van der Waals surface area contributed by atoms with E-state index in [2.05, 4.69) is 5.32 Å². The van der Waals surface area contributed by atoms with Crippen LogP contribution in [-0.4, -0.2) is 41.2 Å². The van der Waals surface area contributed by atoms with Crippen LogP contribution in [0.4, 0.5) is 4.79 Å². The molecule has 0 bridgehead atoms. The Labute approximate surface area is 173 Å². The fourth-order valence-corrected chi connectivity index (χ4v) is 3.42. The third-order valence-electron chi connectivity index (χ3n) is 5.09. The number of ether oxygens (including phenoxy) is 1. The predicted molar refractivity (Wildman–Crippen MR) is 110 cm³/mol. The lowest BCUT2D eigenvalue weighted by atomic mass is 9.99. The van der Waals surface area contributed by atoms with Crippen molar-refractivity contribution in [2.75, 3.05) is 13.2 Å². The zero-order valence-corrected chi connectivity index (χ0v) is 16.4. The molecule has 1 aromatic heterocycles. The van der Waals surface area contributed by atoms with Gasteiger partial charge in [0.25, 0.3) is 5.91 Å². The van der Waals surface area contributed by atoms with E-state index in [9.17, 15) is 14.7 Å². The van der Waals surface area contributed by atoms with E-state index in [4.69, 9.17) is 9.15 Å². The summed E-state index contributed by atoms with van der Waals surface area (Å²) in [6, 6.07) is 20.2. The third-order valence-corrected chi connectivity index (χ3v) is 5.09. The Kier molecular flexibility index (Phi) is 5.29. The standard InChI is InChI=1S/C23H22N2O5/c1-23(20-8-5-13-29-20)21(27)25(22(28)24-23)14-18(26)15-30-19-11-9-17(10-12-19)16-6-3-2-4-7-16/h2-13,18,26H,14-15H2,1H3,(H,24,28)/t18-,23-/m1/s1. The number of urea groups is 1. The van der Waals surface area contributed by atoms with Crippen LogP contribution in [0.25, 0.3) is 11.1 Å². The molecule has 1 fully saturated rings. The fraction of sp³-hybridized carbons (Fsp3) is 0.217. The average Bonchev–Trinajstić information content (AvgIpc) is 3.38. The minimum absolute atomic E-state index is 0.0563. The highest BCUT2D eigenvalue weighted by Crippen LogP contribution is 2.29. The predicted octanol–water partition coefficient (Wildman–Crippen LogP) is 3.15. The topological polar surface area (TPSA) is 92.0 Å². The Bertz CT molecular complexity index is 1020. The largest absolute Gasteiger partial charge is 0.491 e. The Morgan fingerprint density at radius 2 is 1.73 bits per heavy atom. The molecule has 3 aromatic rings. The number of hydrogen-bond donors (Lipinski definition) is 2. The molecular formula is C23H22N2O5. The number of nitrogens with one attached hydrogen (secondary N) is 1. The Balaban J connectivity index is 1.34. The summed E-state index contributed by atoms with van der Waals surface area (Å²) in [6.07, 6.45) is 0.404. The first kappa shape index (κ1) is 19.7. The molecule has 7 heteroatoms. The molecule has 1 aliphatic heterocycles. The molecule has 2 N–H and O–H groups in total. The Morgan fingerprint density at radius 1 is 1.03 bits per heavy atom. The van der Waals surface area contributed by atoms with Crippen LogP contribution in [0.2, 0.25) is 0 Å². The second-order valence-corrected chi connectivity index (χ2v) is 7.30. The van der Waals surface area contributed by atoms with Gasteiger partial charge >= 0.3 is 6.03 Å². The van der Waals surface area contributed by atoms with E-state index in [0.29, 0.717) is 11.5 Å². The van der Waals surface area contributed by atoms with Crippen molar-refractivity contribution in [2.24, 2.45) is 0 Å². The van der Waals surface area contributed by atoms with Crippen LogP contribution in [0.3, 0.4) is 0 Å². The van der Waals surface area contributed by atoms with Crippen molar-refractivity contribution in [1.82, 2.24) is 10.2 Å². The van der Waals surface area contributed by atoms with Gasteiger partial charge in [0.1, 0.15) is 24.2 Å². The van der Waals surface area contributed by atoms with Gasteiger partial charge in [0, 0.05) is 0 Å². The van der Waals surface area contributed by atoms with Crippen molar-refractivity contribution >= 4 is 11.9 Å². The molecule has 0 unspecified atom stereocenters. The summed E-state index contributed by atoms with van der Waals surface area (Å²) in [4.78, 5) is 26.0. The molecule has 0 spiro atoms. The fourth-order valence-electron chi connectivity index (χ4n) is 3.42. The van der Waals surface area contributed by atoms with Crippen molar-refractivity contribution in [3.8, 4) is 16.9 Å². The zero-order valence-electron chi connectivity index (χ0n) is 16.4. The van der Waals surface area contributed by atoms with E-state index in [1.54, 1.807) is 19.1 Å². The third kappa shape index (κ3) is 3.79. The first-order valence-electron chi connectivity index (χ1n) is 9.62. The molecule has 2 aromatic carbocycles. The zero-order chi connectivity index (χ0) is 21.1. The van der Waals surface area contributed by atoms with E-state index < -0.39 is 23.6 Å². The van der Waals surface area contributed by atoms with Crippen molar-refractivity contribution in [3.05, 3.63) is 78.8 Å². The number of nitrogens with zero attached hydrogens (tertiary/aromatic N) is 1. The first-order chi connectivity index (χ1) is 14.5. The minimum Gasteiger partial charge on any atom is -0.491 e. The van der Waals surface area contributed by atoms with Crippen LogP contribution in [-0.2, 0) is 10.3 Å². The maximum atomic E-state index is 12.7. The van der Waals surface area contributed by atoms with Gasteiger partial charge in [-0.1, -0.05) is 42.5 Å². The monoisotopic (exact) mass is 406 g/mol. The minimum atomic E-state index is -1.28. The van der Waals surface area contributed by atoms with Crippen LogP contribution < -0.4 is 10.1 Å². The molecule has 7 nitrogen and oxygen atoms in total. The molecular weight excluding hydrogens is 384 g/mol. The summed E-state index contributed by atoms with van der Waals surface area (Å²) in [5, 5.41) is 12.9. The lowest BCUT2D eigenvalue weighted by Crippen LogP contribution is -2.42. The number of benzene rings is 2. The van der Waals surface area contributed by atoms with Crippen LogP contribution in [0.1, 0.15) is 12.7 Å². The van der Waals surface area contributed by atoms with Crippen LogP contribution in [0, 0.1) is 0 Å². The highest BCUT2D eigenvalue weighted by atomic mass is 16.5. The number of carbonyl (C=O) groups is 2. The summed E-state index contributed by atoms with van der Waals surface area (Å²) >= 11 is 0. The van der Waals surface area contributed by atoms with E-state index in [1.165, 1.54) is 6.26 Å². The average molecular weight is 406 g/mol. The summed E-state index contributed by atoms with van der Waals surface area (Å²) in [6.45, 7) is 1.34. The second kappa shape index (κ2) is 8.04. The molecule has 2 atom stereocenters. The summed E-state index contributed by atoms with van der Waals surface area (Å²) < 4.78 is 10.9. The number of hydrogen-bond acceptors (Lipinski definition) is 5. The van der Waals surface area contributed by atoms with Gasteiger partial charge in [-0.05, 0) is 42.3 Å². The van der Waals surface area contributed by atoms with Crippen LogP contribution in [0.15, 0.2) is 77.4 Å². The highest BCUT2D eigenvalue weighted by molar-refractivity contribution is 6.06. The van der Waals surface area contributed by atoms with Gasteiger partial charge in [0.15, 0.2) is 5.54 Å². The summed E-state index contributed by atoms with van der Waals surface area (Å²) in [7, 11) is 0. The second-order valence-electron chi connectivity index (χ2n) is 7.30.